The van der Waals surface area contributed by atoms with E-state index in [1.807, 2.05) is 19.9 Å². The zero-order valence-corrected chi connectivity index (χ0v) is 19.6. The number of carbonyl (C=O) groups is 2. The van der Waals surface area contributed by atoms with Gasteiger partial charge in [-0.25, -0.2) is 23.1 Å². The van der Waals surface area contributed by atoms with Gasteiger partial charge in [-0.2, -0.15) is 0 Å². The maximum Gasteiger partial charge on any atom is 0.317 e. The topological polar surface area (TPSA) is 127 Å². The van der Waals surface area contributed by atoms with Crippen molar-refractivity contribution in [1.29, 1.82) is 0 Å². The van der Waals surface area contributed by atoms with E-state index in [0.29, 0.717) is 10.8 Å². The summed E-state index contributed by atoms with van der Waals surface area (Å²) in [5, 5.41) is 3.06. The second kappa shape index (κ2) is 10.7. The van der Waals surface area contributed by atoms with Gasteiger partial charge in [0.1, 0.15) is 0 Å². The van der Waals surface area contributed by atoms with Crippen molar-refractivity contribution in [2.75, 3.05) is 11.1 Å². The highest BCUT2D eigenvalue weighted by molar-refractivity contribution is 7.99. The Morgan fingerprint density at radius 1 is 1.06 bits per heavy atom. The van der Waals surface area contributed by atoms with E-state index in [2.05, 4.69) is 20.0 Å². The molecule has 1 unspecified atom stereocenters. The molecule has 1 aromatic heterocycles. The SMILES string of the molecule is Cc1cc(C)nc(SCC(=O)OC(C)C(=O)Nc2ccc(S(=O)(=O)NC(C)C)cc2)n1. The molecule has 2 N–H and O–H groups in total. The molecule has 1 heterocycles. The predicted octanol–water partition coefficient (Wildman–Crippen LogP) is 2.44. The molecule has 0 saturated heterocycles. The van der Waals surface area contributed by atoms with Gasteiger partial charge in [-0.15, -0.1) is 0 Å². The van der Waals surface area contributed by atoms with Crippen molar-refractivity contribution in [3.63, 3.8) is 0 Å². The Hall–Kier alpha value is -2.50. The lowest BCUT2D eigenvalue weighted by molar-refractivity contribution is -0.150. The summed E-state index contributed by atoms with van der Waals surface area (Å²) in [6.07, 6.45) is -1.03. The summed E-state index contributed by atoms with van der Waals surface area (Å²) in [5.41, 5.74) is 1.99. The van der Waals surface area contributed by atoms with Gasteiger partial charge in [0.25, 0.3) is 5.91 Å². The standard InChI is InChI=1S/C20H26N4O5S2/c1-12(2)24-31(27,28)17-8-6-16(7-9-17)23-19(26)15(5)29-18(25)11-30-20-21-13(3)10-14(4)22-20/h6-10,12,15,24H,11H2,1-5H3,(H,23,26). The first-order valence-corrected chi connectivity index (χ1v) is 12.0. The molecular formula is C20H26N4O5S2. The summed E-state index contributed by atoms with van der Waals surface area (Å²) in [5.74, 6) is -1.14. The lowest BCUT2D eigenvalue weighted by Crippen LogP contribution is -2.31. The Balaban J connectivity index is 1.88. The normalized spacial score (nSPS) is 12.5. The van der Waals surface area contributed by atoms with E-state index in [0.717, 1.165) is 23.1 Å². The van der Waals surface area contributed by atoms with Crippen LogP contribution in [-0.2, 0) is 24.3 Å². The Morgan fingerprint density at radius 3 is 2.19 bits per heavy atom. The number of nitrogens with one attached hydrogen (secondary N) is 2. The van der Waals surface area contributed by atoms with Gasteiger partial charge in [0.15, 0.2) is 11.3 Å². The van der Waals surface area contributed by atoms with E-state index in [4.69, 9.17) is 4.74 Å². The largest absolute Gasteiger partial charge is 0.452 e. The van der Waals surface area contributed by atoms with E-state index >= 15 is 0 Å². The maximum atomic E-state index is 12.3. The number of thioether (sulfide) groups is 1. The van der Waals surface area contributed by atoms with Crippen molar-refractivity contribution in [2.24, 2.45) is 0 Å². The summed E-state index contributed by atoms with van der Waals surface area (Å²) in [4.78, 5) is 32.9. The zero-order chi connectivity index (χ0) is 23.2. The van der Waals surface area contributed by atoms with Gasteiger partial charge in [-0.05, 0) is 65.0 Å². The van der Waals surface area contributed by atoms with E-state index in [1.54, 1.807) is 13.8 Å². The van der Waals surface area contributed by atoms with E-state index in [9.17, 15) is 18.0 Å². The molecule has 0 saturated carbocycles. The van der Waals surface area contributed by atoms with Crippen LogP contribution in [-0.4, -0.2) is 48.2 Å². The third-order valence-corrected chi connectivity index (χ3v) is 6.28. The molecule has 1 aromatic carbocycles. The minimum absolute atomic E-state index is 0.0318. The van der Waals surface area contributed by atoms with Gasteiger partial charge in [-0.3, -0.25) is 9.59 Å². The van der Waals surface area contributed by atoms with E-state index in [1.165, 1.54) is 31.2 Å². The third kappa shape index (κ3) is 7.93. The molecule has 0 fully saturated rings. The highest BCUT2D eigenvalue weighted by Gasteiger charge is 2.19. The number of sulfonamides is 1. The van der Waals surface area contributed by atoms with Gasteiger partial charge < -0.3 is 10.1 Å². The lowest BCUT2D eigenvalue weighted by Gasteiger charge is -2.14. The van der Waals surface area contributed by atoms with Gasteiger partial charge in [0.2, 0.25) is 10.0 Å². The number of aromatic nitrogens is 2. The van der Waals surface area contributed by atoms with Crippen LogP contribution in [0.25, 0.3) is 0 Å². The van der Waals surface area contributed by atoms with Crippen molar-refractivity contribution in [3.05, 3.63) is 41.7 Å². The average molecular weight is 467 g/mol. The molecule has 0 spiro atoms. The molecule has 168 valence electrons. The summed E-state index contributed by atoms with van der Waals surface area (Å²) in [6.45, 7) is 8.58. The molecule has 31 heavy (non-hydrogen) atoms. The van der Waals surface area contributed by atoms with Crippen molar-refractivity contribution in [1.82, 2.24) is 14.7 Å². The number of esters is 1. The number of hydrogen-bond donors (Lipinski definition) is 2. The van der Waals surface area contributed by atoms with Crippen LogP contribution in [0.15, 0.2) is 40.4 Å². The number of amides is 1. The monoisotopic (exact) mass is 466 g/mol. The lowest BCUT2D eigenvalue weighted by atomic mass is 10.3. The van der Waals surface area contributed by atoms with Crippen molar-refractivity contribution < 1.29 is 22.7 Å². The minimum atomic E-state index is -3.62. The molecule has 0 bridgehead atoms. The van der Waals surface area contributed by atoms with Crippen molar-refractivity contribution in [3.8, 4) is 0 Å². The fourth-order valence-electron chi connectivity index (χ4n) is 2.51. The second-order valence-electron chi connectivity index (χ2n) is 7.14. The molecule has 0 radical (unpaired) electrons. The Labute approximate surface area is 186 Å². The van der Waals surface area contributed by atoms with Crippen LogP contribution in [0.5, 0.6) is 0 Å². The van der Waals surface area contributed by atoms with Crippen LogP contribution in [0.1, 0.15) is 32.2 Å². The molecule has 11 heteroatoms. The average Bonchev–Trinajstić information content (AvgIpc) is 2.65. The molecule has 1 atom stereocenters. The zero-order valence-electron chi connectivity index (χ0n) is 18.0. The van der Waals surface area contributed by atoms with Crippen LogP contribution < -0.4 is 10.0 Å². The highest BCUT2D eigenvalue weighted by atomic mass is 32.2. The fourth-order valence-corrected chi connectivity index (χ4v) is 4.49. The van der Waals surface area contributed by atoms with Crippen LogP contribution in [0, 0.1) is 13.8 Å². The molecular weight excluding hydrogens is 440 g/mol. The molecule has 9 nitrogen and oxygen atoms in total. The Morgan fingerprint density at radius 2 is 1.65 bits per heavy atom. The Bertz CT molecular complexity index is 1020. The number of aryl methyl sites for hydroxylation is 2. The molecule has 1 amide bonds. The molecule has 2 rings (SSSR count). The summed E-state index contributed by atoms with van der Waals surface area (Å²) in [7, 11) is -3.62. The highest BCUT2D eigenvalue weighted by Crippen LogP contribution is 2.16. The molecule has 0 aliphatic carbocycles. The van der Waals surface area contributed by atoms with Crippen LogP contribution >= 0.6 is 11.8 Å². The number of hydrogen-bond acceptors (Lipinski definition) is 8. The van der Waals surface area contributed by atoms with Gasteiger partial charge in [-0.1, -0.05) is 11.8 Å². The van der Waals surface area contributed by atoms with Crippen LogP contribution in [0.3, 0.4) is 0 Å². The number of rotatable bonds is 9. The number of carbonyl (C=O) groups excluding carboxylic acids is 2. The quantitative estimate of drug-likeness (QED) is 0.328. The number of anilines is 1. The van der Waals surface area contributed by atoms with Gasteiger partial charge in [0.05, 0.1) is 10.6 Å². The first kappa shape index (κ1) is 24.8. The third-order valence-electron chi connectivity index (χ3n) is 3.78. The first-order valence-electron chi connectivity index (χ1n) is 9.54. The summed E-state index contributed by atoms with van der Waals surface area (Å²) >= 11 is 1.13. The number of nitrogens with zero attached hydrogens (tertiary/aromatic N) is 2. The molecule has 0 aliphatic rings. The number of benzene rings is 1. The minimum Gasteiger partial charge on any atom is -0.452 e. The molecule has 0 aliphatic heterocycles. The predicted molar refractivity (Wildman–Crippen MR) is 118 cm³/mol. The summed E-state index contributed by atoms with van der Waals surface area (Å²) < 4.78 is 31.9. The smallest absolute Gasteiger partial charge is 0.317 e. The van der Waals surface area contributed by atoms with Crippen LogP contribution in [0.2, 0.25) is 0 Å². The van der Waals surface area contributed by atoms with E-state index in [-0.39, 0.29) is 16.7 Å². The second-order valence-corrected chi connectivity index (χ2v) is 9.80. The van der Waals surface area contributed by atoms with Crippen LogP contribution in [0.4, 0.5) is 5.69 Å². The summed E-state index contributed by atoms with van der Waals surface area (Å²) in [6, 6.07) is 7.30. The fraction of sp³-hybridized carbons (Fsp3) is 0.400. The van der Waals surface area contributed by atoms with Gasteiger partial charge >= 0.3 is 5.97 Å². The maximum absolute atomic E-state index is 12.3. The van der Waals surface area contributed by atoms with Crippen molar-refractivity contribution in [2.45, 2.75) is 56.8 Å². The van der Waals surface area contributed by atoms with E-state index < -0.39 is 28.0 Å². The Kier molecular flexibility index (Phi) is 8.54. The van der Waals surface area contributed by atoms with Gasteiger partial charge in [0, 0.05) is 23.1 Å². The number of ether oxygens (including phenoxy) is 1. The van der Waals surface area contributed by atoms with Crippen molar-refractivity contribution >= 4 is 39.3 Å². The molecule has 2 aromatic rings. The first-order chi connectivity index (χ1) is 14.5.